The van der Waals surface area contributed by atoms with Crippen LogP contribution in [0, 0.1) is 0 Å². The average molecular weight is 292 g/mol. The number of amides is 1. The molecule has 0 aliphatic carbocycles. The maximum absolute atomic E-state index is 12.0. The summed E-state index contributed by atoms with van der Waals surface area (Å²) in [5.41, 5.74) is 7.31. The number of anilines is 1. The molecule has 1 atom stereocenters. The van der Waals surface area contributed by atoms with Gasteiger partial charge in [0.05, 0.1) is 0 Å². The van der Waals surface area contributed by atoms with E-state index in [0.29, 0.717) is 25.2 Å². The maximum atomic E-state index is 12.0. The topological polar surface area (TPSA) is 72.6 Å². The third-order valence-corrected chi connectivity index (χ3v) is 3.33. The Morgan fingerprint density at radius 3 is 2.29 bits per heavy atom. The van der Waals surface area contributed by atoms with Crippen LogP contribution in [0.15, 0.2) is 24.3 Å². The number of carbonyl (C=O) groups excluding carboxylic acids is 2. The summed E-state index contributed by atoms with van der Waals surface area (Å²) < 4.78 is 5.19. The lowest BCUT2D eigenvalue weighted by molar-refractivity contribution is -0.158. The highest BCUT2D eigenvalue weighted by atomic mass is 16.5. The van der Waals surface area contributed by atoms with E-state index >= 15 is 0 Å². The van der Waals surface area contributed by atoms with Gasteiger partial charge in [0.2, 0.25) is 0 Å². The molecule has 0 aliphatic heterocycles. The molecule has 1 aromatic rings. The molecule has 1 unspecified atom stereocenters. The lowest BCUT2D eigenvalue weighted by atomic mass is 10.1. The van der Waals surface area contributed by atoms with Crippen LogP contribution in [0.4, 0.5) is 5.69 Å². The SMILES string of the molecule is CCN(CC)C(=O)C(C)OC(=O)CCc1ccc(N)cc1. The van der Waals surface area contributed by atoms with Gasteiger partial charge in [-0.3, -0.25) is 9.59 Å². The smallest absolute Gasteiger partial charge is 0.306 e. The highest BCUT2D eigenvalue weighted by Gasteiger charge is 2.21. The zero-order valence-electron chi connectivity index (χ0n) is 13.0. The second-order valence-corrected chi connectivity index (χ2v) is 4.88. The van der Waals surface area contributed by atoms with Crippen LogP contribution in [0.25, 0.3) is 0 Å². The number of hydrogen-bond acceptors (Lipinski definition) is 4. The Morgan fingerprint density at radius 2 is 1.76 bits per heavy atom. The van der Waals surface area contributed by atoms with E-state index < -0.39 is 6.10 Å². The lowest BCUT2D eigenvalue weighted by Crippen LogP contribution is -2.39. The molecule has 0 bridgehead atoms. The van der Waals surface area contributed by atoms with Crippen LogP contribution >= 0.6 is 0 Å². The van der Waals surface area contributed by atoms with Gasteiger partial charge >= 0.3 is 5.97 Å². The van der Waals surface area contributed by atoms with Crippen molar-refractivity contribution in [1.82, 2.24) is 4.90 Å². The second-order valence-electron chi connectivity index (χ2n) is 4.88. The van der Waals surface area contributed by atoms with E-state index in [-0.39, 0.29) is 18.3 Å². The van der Waals surface area contributed by atoms with Crippen molar-refractivity contribution in [1.29, 1.82) is 0 Å². The van der Waals surface area contributed by atoms with Crippen molar-refractivity contribution in [3.8, 4) is 0 Å². The first kappa shape index (κ1) is 17.0. The van der Waals surface area contributed by atoms with Crippen LogP contribution in [0.3, 0.4) is 0 Å². The Balaban J connectivity index is 2.42. The van der Waals surface area contributed by atoms with Gasteiger partial charge in [-0.15, -0.1) is 0 Å². The Hall–Kier alpha value is -2.04. The first-order valence-corrected chi connectivity index (χ1v) is 7.30. The molecule has 1 rings (SSSR count). The summed E-state index contributed by atoms with van der Waals surface area (Å²) in [6, 6.07) is 7.36. The molecule has 0 spiro atoms. The number of ether oxygens (including phenoxy) is 1. The fourth-order valence-corrected chi connectivity index (χ4v) is 2.03. The van der Waals surface area contributed by atoms with Gasteiger partial charge in [-0.1, -0.05) is 12.1 Å². The van der Waals surface area contributed by atoms with E-state index in [4.69, 9.17) is 10.5 Å². The van der Waals surface area contributed by atoms with E-state index in [2.05, 4.69) is 0 Å². The van der Waals surface area contributed by atoms with Crippen molar-refractivity contribution in [3.63, 3.8) is 0 Å². The molecule has 5 heteroatoms. The number of benzene rings is 1. The minimum absolute atomic E-state index is 0.152. The number of rotatable bonds is 7. The highest BCUT2D eigenvalue weighted by molar-refractivity contribution is 5.83. The first-order chi connectivity index (χ1) is 9.97. The normalized spacial score (nSPS) is 11.8. The number of carbonyl (C=O) groups is 2. The van der Waals surface area contributed by atoms with Crippen LogP contribution in [-0.2, 0) is 20.7 Å². The molecule has 0 radical (unpaired) electrons. The number of aryl methyl sites for hydroxylation is 1. The molecule has 0 saturated carbocycles. The molecule has 1 amide bonds. The summed E-state index contributed by atoms with van der Waals surface area (Å²) in [5, 5.41) is 0. The van der Waals surface area contributed by atoms with Crippen molar-refractivity contribution in [2.45, 2.75) is 39.7 Å². The Bertz CT molecular complexity index is 467. The van der Waals surface area contributed by atoms with Crippen LogP contribution in [0.1, 0.15) is 32.8 Å². The quantitative estimate of drug-likeness (QED) is 0.616. The van der Waals surface area contributed by atoms with Crippen LogP contribution < -0.4 is 5.73 Å². The van der Waals surface area contributed by atoms with Gasteiger partial charge in [0.1, 0.15) is 0 Å². The number of nitrogens with two attached hydrogens (primary N) is 1. The largest absolute Gasteiger partial charge is 0.453 e. The summed E-state index contributed by atoms with van der Waals surface area (Å²) in [5.74, 6) is -0.513. The molecule has 0 aliphatic rings. The summed E-state index contributed by atoms with van der Waals surface area (Å²) in [7, 11) is 0. The monoisotopic (exact) mass is 292 g/mol. The number of nitrogens with zero attached hydrogens (tertiary/aromatic N) is 1. The fourth-order valence-electron chi connectivity index (χ4n) is 2.03. The van der Waals surface area contributed by atoms with Gasteiger partial charge in [-0.2, -0.15) is 0 Å². The molecule has 0 heterocycles. The van der Waals surface area contributed by atoms with Crippen molar-refractivity contribution >= 4 is 17.6 Å². The summed E-state index contributed by atoms with van der Waals surface area (Å²) >= 11 is 0. The molecule has 0 aromatic heterocycles. The van der Waals surface area contributed by atoms with E-state index in [0.717, 1.165) is 5.56 Å². The average Bonchev–Trinajstić information content (AvgIpc) is 2.47. The first-order valence-electron chi connectivity index (χ1n) is 7.30. The van der Waals surface area contributed by atoms with Gasteiger partial charge in [0.25, 0.3) is 5.91 Å². The van der Waals surface area contributed by atoms with Crippen LogP contribution in [-0.4, -0.2) is 36.0 Å². The van der Waals surface area contributed by atoms with Gasteiger partial charge in [0, 0.05) is 25.2 Å². The van der Waals surface area contributed by atoms with Crippen molar-refractivity contribution in [2.24, 2.45) is 0 Å². The molecule has 1 aromatic carbocycles. The number of esters is 1. The molecule has 2 N–H and O–H groups in total. The minimum Gasteiger partial charge on any atom is -0.453 e. The summed E-state index contributed by atoms with van der Waals surface area (Å²) in [6.07, 6.45) is 0.0919. The zero-order chi connectivity index (χ0) is 15.8. The molecule has 0 saturated heterocycles. The predicted molar refractivity (Wildman–Crippen MR) is 82.7 cm³/mol. The standard InChI is InChI=1S/C16H24N2O3/c1-4-18(5-2)16(20)12(3)21-15(19)11-8-13-6-9-14(17)10-7-13/h6-7,9-10,12H,4-5,8,11,17H2,1-3H3. The third kappa shape index (κ3) is 5.45. The Morgan fingerprint density at radius 1 is 1.19 bits per heavy atom. The van der Waals surface area contributed by atoms with E-state index in [1.807, 2.05) is 26.0 Å². The maximum Gasteiger partial charge on any atom is 0.306 e. The van der Waals surface area contributed by atoms with Gasteiger partial charge in [0.15, 0.2) is 6.10 Å². The second kappa shape index (κ2) is 8.29. The third-order valence-electron chi connectivity index (χ3n) is 3.33. The molecule has 116 valence electrons. The van der Waals surface area contributed by atoms with Crippen LogP contribution in [0.5, 0.6) is 0 Å². The fraction of sp³-hybridized carbons (Fsp3) is 0.500. The minimum atomic E-state index is -0.733. The molecule has 21 heavy (non-hydrogen) atoms. The zero-order valence-corrected chi connectivity index (χ0v) is 13.0. The van der Waals surface area contributed by atoms with Crippen molar-refractivity contribution < 1.29 is 14.3 Å². The molecular weight excluding hydrogens is 268 g/mol. The molecule has 5 nitrogen and oxygen atoms in total. The summed E-state index contributed by atoms with van der Waals surface area (Å²) in [4.78, 5) is 25.4. The highest BCUT2D eigenvalue weighted by Crippen LogP contribution is 2.09. The summed E-state index contributed by atoms with van der Waals surface area (Å²) in [6.45, 7) is 6.64. The van der Waals surface area contributed by atoms with Gasteiger partial charge in [-0.25, -0.2) is 0 Å². The van der Waals surface area contributed by atoms with Crippen LogP contribution in [0.2, 0.25) is 0 Å². The number of hydrogen-bond donors (Lipinski definition) is 1. The van der Waals surface area contributed by atoms with E-state index in [1.54, 1.807) is 24.0 Å². The van der Waals surface area contributed by atoms with Gasteiger partial charge < -0.3 is 15.4 Å². The Labute approximate surface area is 126 Å². The molecular formula is C16H24N2O3. The molecule has 0 fully saturated rings. The van der Waals surface area contributed by atoms with Crippen molar-refractivity contribution in [2.75, 3.05) is 18.8 Å². The predicted octanol–water partition coefficient (Wildman–Crippen LogP) is 2.00. The number of nitrogen functional groups attached to an aromatic ring is 1. The number of likely N-dealkylation sites (N-methyl/N-ethyl adjacent to an activating group) is 1. The van der Waals surface area contributed by atoms with E-state index in [1.165, 1.54) is 0 Å². The van der Waals surface area contributed by atoms with Crippen molar-refractivity contribution in [3.05, 3.63) is 29.8 Å². The van der Waals surface area contributed by atoms with Gasteiger partial charge in [-0.05, 0) is 44.9 Å². The van der Waals surface area contributed by atoms with E-state index in [9.17, 15) is 9.59 Å². The Kier molecular flexibility index (Phi) is 6.72. The lowest BCUT2D eigenvalue weighted by Gasteiger charge is -2.22.